The van der Waals surface area contributed by atoms with Crippen LogP contribution in [0.2, 0.25) is 0 Å². The Hall–Kier alpha value is -8.09. The number of rotatable bonds is 11. The number of hydrogen-bond acceptors (Lipinski definition) is 21. The molecule has 25 nitrogen and oxygen atoms in total. The number of hydrogen-bond donors (Lipinski definition) is 2. The van der Waals surface area contributed by atoms with Crippen LogP contribution in [0.5, 0.6) is 0 Å². The normalized spacial score (nSPS) is 33.5. The lowest BCUT2D eigenvalue weighted by Gasteiger charge is -2.34. The number of amides is 8. The monoisotopic (exact) mass is 1450 g/mol. The van der Waals surface area contributed by atoms with Gasteiger partial charge in [-0.05, 0) is 162 Å². The molecule has 16 atom stereocenters. The Labute approximate surface area is 610 Å². The van der Waals surface area contributed by atoms with Gasteiger partial charge in [0, 0.05) is 126 Å². The predicted octanol–water partition coefficient (Wildman–Crippen LogP) is 3.96. The molecular weight excluding hydrogens is 1350 g/mol. The number of nitrogens with zero attached hydrogens (tertiary/aromatic N) is 14. The standard InChI is InChI=1S/C21H29N5O2.C21H25N5O2.C12H13NO2.C9H11NO2.C8H12N4.C3H3Br.CH2O.H2/c2*27-19-17-15-4-5-16(14-15)18(17)20(28)26(19)9-2-1-8-24-10-12-25(13-11-24)21-22-6-3-7-23-21;1-2-5-13-11(14)9-7-3-4-8(6-7)10(9)12(13)15;11-8-6-4-1-2-5(3-4)7(6)9(12)10-8;1-2-10-8(11-3-1)12-6-4-9-5-7-12;1-2-3-4;1-2;/h3,6-7,15-18H,1-2,4-5,8-14H2;3,6-7,15-18H,4-5,8-14H2;1,7-10H,3-6H2;4-7H,1-3H2,(H,10,11,12);1-3,9H,4-7H2;1H,3H2;1H2;1H/t2*15-,16+,17-,18+;7-,8+,9-,10+;4-,5+,6-,7+;;;;/i2*8D2;;;;;1D2;. The van der Waals surface area contributed by atoms with Gasteiger partial charge in [-0.15, -0.1) is 12.8 Å². The minimum atomic E-state index is -1.82. The number of imide groups is 4. The van der Waals surface area contributed by atoms with Gasteiger partial charge in [0.25, 0.3) is 0 Å². The Morgan fingerprint density at radius 3 is 1.15 bits per heavy atom. The van der Waals surface area contributed by atoms with Crippen LogP contribution in [-0.4, -0.2) is 225 Å². The molecule has 3 aromatic rings. The molecule has 8 saturated carbocycles. The molecule has 0 unspecified atom stereocenters. The maximum Gasteiger partial charge on any atom is 0.234 e. The summed E-state index contributed by atoms with van der Waals surface area (Å²) in [5.74, 6) is 15.2. The minimum absolute atomic E-state index is 0. The Morgan fingerprint density at radius 2 is 0.792 bits per heavy atom. The molecule has 15 fully saturated rings. The molecule has 101 heavy (non-hydrogen) atoms. The largest absolute Gasteiger partial charge is 0.338 e. The molecule has 26 heteroatoms. The van der Waals surface area contributed by atoms with Gasteiger partial charge >= 0.3 is 0 Å². The number of halogens is 1. The third kappa shape index (κ3) is 15.6. The van der Waals surface area contributed by atoms with Crippen LogP contribution in [0.15, 0.2) is 55.4 Å². The lowest BCUT2D eigenvalue weighted by atomic mass is 9.81. The summed E-state index contributed by atoms with van der Waals surface area (Å²) in [7, 11) is 0. The summed E-state index contributed by atoms with van der Waals surface area (Å²) >= 11 is 3.01. The smallest absolute Gasteiger partial charge is 0.234 e. The predicted molar refractivity (Wildman–Crippen MR) is 381 cm³/mol. The molecule has 8 amide bonds. The van der Waals surface area contributed by atoms with E-state index in [2.05, 4.69) is 89.9 Å². The second-order valence-electron chi connectivity index (χ2n) is 28.8. The fourth-order valence-corrected chi connectivity index (χ4v) is 19.4. The second kappa shape index (κ2) is 33.8. The summed E-state index contributed by atoms with van der Waals surface area (Å²) < 4.78 is 45.0. The highest BCUT2D eigenvalue weighted by molar-refractivity contribution is 9.09. The van der Waals surface area contributed by atoms with Gasteiger partial charge in [0.2, 0.25) is 65.1 Å². The maximum atomic E-state index is 12.8. The first-order valence-corrected chi connectivity index (χ1v) is 37.2. The summed E-state index contributed by atoms with van der Waals surface area (Å²) in [5, 5.41) is 6.39. The number of piperazine rings is 3. The van der Waals surface area contributed by atoms with Crippen molar-refractivity contribution in [2.45, 2.75) is 89.9 Å². The van der Waals surface area contributed by atoms with Gasteiger partial charge in [-0.3, -0.25) is 68.2 Å². The van der Waals surface area contributed by atoms with Gasteiger partial charge in [-0.1, -0.05) is 39.6 Å². The quantitative estimate of drug-likeness (QED) is 0.156. The van der Waals surface area contributed by atoms with E-state index in [1.807, 2.05) is 15.9 Å². The molecular formula is C75H97BrN16O9. The first kappa shape index (κ1) is 65.0. The van der Waals surface area contributed by atoms with E-state index in [9.17, 15) is 38.4 Å². The summed E-state index contributed by atoms with van der Waals surface area (Å²) in [6, 6.07) is 5.39. The van der Waals surface area contributed by atoms with Crippen LogP contribution in [0.4, 0.5) is 17.8 Å². The third-order valence-corrected chi connectivity index (χ3v) is 24.1. The molecule has 18 rings (SSSR count). The lowest BCUT2D eigenvalue weighted by molar-refractivity contribution is -0.142. The fraction of sp³-hybridized carbons (Fsp3) is 0.640. The first-order chi connectivity index (χ1) is 51.5. The molecule has 10 heterocycles. The van der Waals surface area contributed by atoms with E-state index in [0.717, 1.165) is 109 Å². The molecule has 8 bridgehead atoms. The van der Waals surface area contributed by atoms with Crippen LogP contribution < -0.4 is 25.3 Å². The van der Waals surface area contributed by atoms with Crippen LogP contribution in [0.25, 0.3) is 0 Å². The molecule has 7 aliphatic heterocycles. The first-order valence-electron chi connectivity index (χ1n) is 39.1. The molecule has 538 valence electrons. The van der Waals surface area contributed by atoms with Gasteiger partial charge in [-0.25, -0.2) is 29.9 Å². The van der Waals surface area contributed by atoms with Crippen molar-refractivity contribution >= 4 is 87.8 Å². The van der Waals surface area contributed by atoms with Crippen molar-refractivity contribution in [2.24, 2.45) is 94.7 Å². The van der Waals surface area contributed by atoms with E-state index >= 15 is 0 Å². The Balaban J connectivity index is 0.000000137. The van der Waals surface area contributed by atoms with Crippen LogP contribution in [0.3, 0.4) is 0 Å². The highest BCUT2D eigenvalue weighted by Gasteiger charge is 2.63. The summed E-state index contributed by atoms with van der Waals surface area (Å²) in [5.41, 5.74) is 0. The van der Waals surface area contributed by atoms with Gasteiger partial charge < -0.3 is 24.8 Å². The van der Waals surface area contributed by atoms with Crippen LogP contribution >= 0.6 is 15.9 Å². The van der Waals surface area contributed by atoms with Gasteiger partial charge in [0.1, 0.15) is 9.48 Å². The fourth-order valence-electron chi connectivity index (χ4n) is 19.4. The minimum Gasteiger partial charge on any atom is -0.338 e. The highest BCUT2D eigenvalue weighted by Crippen LogP contribution is 2.59. The molecule has 0 spiro atoms. The molecule has 15 aliphatic rings. The van der Waals surface area contributed by atoms with Crippen molar-refractivity contribution in [3.05, 3.63) is 55.4 Å². The van der Waals surface area contributed by atoms with Crippen molar-refractivity contribution in [1.82, 2.24) is 65.0 Å². The zero-order valence-corrected chi connectivity index (χ0v) is 58.7. The van der Waals surface area contributed by atoms with Crippen LogP contribution in [0, 0.1) is 131 Å². The average molecular weight is 1450 g/mol. The number of nitrogens with one attached hydrogen (secondary N) is 2. The van der Waals surface area contributed by atoms with E-state index in [-0.39, 0.29) is 109 Å². The summed E-state index contributed by atoms with van der Waals surface area (Å²) in [4.78, 5) is 146. The van der Waals surface area contributed by atoms with E-state index < -0.39 is 19.7 Å². The van der Waals surface area contributed by atoms with Gasteiger partial charge in [0.15, 0.2) is 0 Å². The number of likely N-dealkylation sites (tertiary alicyclic amines) is 3. The Bertz CT molecular complexity index is 3780. The molecule has 7 saturated heterocycles. The number of terminal acetylenes is 2. The van der Waals surface area contributed by atoms with Crippen molar-refractivity contribution in [3.63, 3.8) is 0 Å². The Kier molecular flexibility index (Phi) is 21.7. The zero-order valence-electron chi connectivity index (χ0n) is 63.1. The van der Waals surface area contributed by atoms with E-state index in [0.29, 0.717) is 136 Å². The summed E-state index contributed by atoms with van der Waals surface area (Å²) in [6.45, 7) is 4.72. The third-order valence-electron chi connectivity index (χ3n) is 23.8. The topological polar surface area (TPSA) is 281 Å². The van der Waals surface area contributed by atoms with Gasteiger partial charge in [0.05, 0.1) is 75.0 Å². The van der Waals surface area contributed by atoms with Crippen molar-refractivity contribution < 1.29 is 52.8 Å². The number of carbonyl (C=O) groups excluding carboxylic acids is 9. The van der Waals surface area contributed by atoms with E-state index in [1.165, 1.54) is 14.7 Å². The Morgan fingerprint density at radius 1 is 0.465 bits per heavy atom. The van der Waals surface area contributed by atoms with Crippen molar-refractivity contribution in [3.8, 4) is 36.5 Å². The molecule has 2 N–H and O–H groups in total. The van der Waals surface area contributed by atoms with Crippen molar-refractivity contribution in [1.29, 1.82) is 0 Å². The molecule has 0 radical (unpaired) electrons. The summed E-state index contributed by atoms with van der Waals surface area (Å²) in [6.07, 6.45) is 34.2. The van der Waals surface area contributed by atoms with Crippen LogP contribution in [-0.2, 0) is 43.2 Å². The zero-order chi connectivity index (χ0) is 75.8. The van der Waals surface area contributed by atoms with Crippen LogP contribution in [0.1, 0.15) is 99.5 Å². The second-order valence-corrected chi connectivity index (χ2v) is 29.4. The number of aromatic nitrogens is 6. The molecule has 0 aromatic carbocycles. The van der Waals surface area contributed by atoms with Gasteiger partial charge in [-0.2, -0.15) is 0 Å². The molecule has 8 aliphatic carbocycles. The number of carbonyl (C=O) groups is 9. The maximum absolute atomic E-state index is 12.8. The number of anilines is 3. The number of fused-ring (bicyclic) bond motifs is 20. The van der Waals surface area contributed by atoms with E-state index in [4.69, 9.17) is 25.9 Å². The number of alkyl halides is 1. The lowest BCUT2D eigenvalue weighted by Crippen LogP contribution is -2.47. The van der Waals surface area contributed by atoms with Crippen molar-refractivity contribution in [2.75, 3.05) is 131 Å². The molecule has 3 aromatic heterocycles. The average Bonchev–Trinajstić information content (AvgIpc) is 1.61. The highest BCUT2D eigenvalue weighted by atomic mass is 79.9. The SMILES string of the molecule is C#CCBr.C#CCN1C(=O)[C@@H]2[C@@H]3CC[C@@H](C3)[C@@H]2C1=O.O=C1NC(=O)[C@H]2[C@H]3CC[C@H](C3)[C@@H]12.[2H]C([2H])(C#CCN1C(=O)[C@@H]2[C@@H]3CC[C@@H](C3)[C@@H]2C1=O)N1CCN(c2ncccn2)CC1.[2H]C([2H])(CCCN1C(=O)[C@@H]2[C@@H]3CC[C@@H](C3)[C@@H]2C1=O)N1CCN(c2ncccn2)CC1.[2H]C([2H])=O.[HH].c1cnc(N2CCNCC2)nc1. The van der Waals surface area contributed by atoms with E-state index in [1.54, 1.807) is 54.2 Å².